The van der Waals surface area contributed by atoms with Crippen LogP contribution in [-0.2, 0) is 4.74 Å². The molecule has 3 heterocycles. The molecule has 37 heavy (non-hydrogen) atoms. The second kappa shape index (κ2) is 9.68. The number of nitrogens with zero attached hydrogens (tertiary/aromatic N) is 2. The predicted molar refractivity (Wildman–Crippen MR) is 144 cm³/mol. The molecule has 2 aliphatic heterocycles. The van der Waals surface area contributed by atoms with Crippen LogP contribution in [0.15, 0.2) is 36.5 Å². The third kappa shape index (κ3) is 4.89. The summed E-state index contributed by atoms with van der Waals surface area (Å²) in [6.45, 7) is 6.39. The molecule has 2 aromatic rings. The molecule has 2 bridgehead atoms. The number of likely N-dealkylation sites (tertiary alicyclic amines) is 1. The lowest BCUT2D eigenvalue weighted by molar-refractivity contribution is -0.0702. The van der Waals surface area contributed by atoms with Gasteiger partial charge in [-0.3, -0.25) is 9.69 Å². The minimum Gasteiger partial charge on any atom is -0.390 e. The van der Waals surface area contributed by atoms with Crippen LogP contribution >= 0.6 is 0 Å². The van der Waals surface area contributed by atoms with Gasteiger partial charge < -0.3 is 20.9 Å². The van der Waals surface area contributed by atoms with Gasteiger partial charge in [0.25, 0.3) is 5.91 Å². The molecule has 1 amide bonds. The number of carbonyl (C=O) groups excluding carboxylic acids is 1. The Hall–Kier alpha value is -2.48. The van der Waals surface area contributed by atoms with Gasteiger partial charge in [0.2, 0.25) is 0 Å². The summed E-state index contributed by atoms with van der Waals surface area (Å²) in [6.07, 6.45) is 8.73. The maximum absolute atomic E-state index is 13.3. The fourth-order valence-corrected chi connectivity index (χ4v) is 7.19. The molecule has 5 aliphatic rings. The fourth-order valence-electron chi connectivity index (χ4n) is 7.19. The number of ether oxygens (including phenoxy) is 1. The number of nitrogens with one attached hydrogen (secondary N) is 1. The van der Waals surface area contributed by atoms with Crippen molar-refractivity contribution in [2.45, 2.75) is 81.4 Å². The number of hydrogen-bond acceptors (Lipinski definition) is 6. The van der Waals surface area contributed by atoms with E-state index in [4.69, 9.17) is 10.5 Å². The molecule has 1 aromatic carbocycles. The van der Waals surface area contributed by atoms with Crippen LogP contribution in [0.1, 0.15) is 80.1 Å². The second-order valence-corrected chi connectivity index (χ2v) is 12.1. The van der Waals surface area contributed by atoms with Gasteiger partial charge in [0.15, 0.2) is 0 Å². The number of rotatable bonds is 5. The third-order valence-corrected chi connectivity index (χ3v) is 9.77. The Bertz CT molecular complexity index is 1120. The van der Waals surface area contributed by atoms with E-state index >= 15 is 0 Å². The van der Waals surface area contributed by atoms with Gasteiger partial charge in [-0.25, -0.2) is 4.98 Å². The monoisotopic (exact) mass is 504 g/mol. The molecule has 3 aliphatic carbocycles. The first kappa shape index (κ1) is 24.8. The number of carbonyl (C=O) groups is 1. The zero-order valence-electron chi connectivity index (χ0n) is 21.9. The number of nitrogens with two attached hydrogens (primary N) is 1. The molecule has 7 nitrogen and oxygen atoms in total. The normalized spacial score (nSPS) is 32.5. The highest BCUT2D eigenvalue weighted by Crippen LogP contribution is 2.47. The number of pyridine rings is 1. The lowest BCUT2D eigenvalue weighted by Crippen LogP contribution is -2.58. The molecule has 0 spiro atoms. The van der Waals surface area contributed by atoms with Crippen molar-refractivity contribution < 1.29 is 14.6 Å². The van der Waals surface area contributed by atoms with Crippen LogP contribution in [0.2, 0.25) is 0 Å². The number of benzene rings is 1. The van der Waals surface area contributed by atoms with Crippen LogP contribution < -0.4 is 11.1 Å². The summed E-state index contributed by atoms with van der Waals surface area (Å²) in [5.74, 6) is 1.25. The van der Waals surface area contributed by atoms with Gasteiger partial charge >= 0.3 is 0 Å². The maximum Gasteiger partial charge on any atom is 0.255 e. The highest BCUT2D eigenvalue weighted by Gasteiger charge is 2.48. The van der Waals surface area contributed by atoms with Gasteiger partial charge in [0, 0.05) is 55.6 Å². The van der Waals surface area contributed by atoms with Crippen LogP contribution in [0, 0.1) is 5.92 Å². The molecule has 5 fully saturated rings. The molecule has 3 saturated carbocycles. The van der Waals surface area contributed by atoms with Crippen LogP contribution in [0.25, 0.3) is 11.1 Å². The van der Waals surface area contributed by atoms with Crippen LogP contribution in [0.5, 0.6) is 0 Å². The largest absolute Gasteiger partial charge is 0.390 e. The average molecular weight is 505 g/mol. The number of anilines is 1. The maximum atomic E-state index is 13.3. The van der Waals surface area contributed by atoms with Crippen molar-refractivity contribution >= 4 is 11.7 Å². The summed E-state index contributed by atoms with van der Waals surface area (Å²) < 4.78 is 5.56. The van der Waals surface area contributed by atoms with E-state index in [1.807, 2.05) is 6.07 Å². The van der Waals surface area contributed by atoms with Gasteiger partial charge in [-0.1, -0.05) is 31.2 Å². The molecular formula is C30H40N4O3. The van der Waals surface area contributed by atoms with E-state index < -0.39 is 5.60 Å². The van der Waals surface area contributed by atoms with Crippen molar-refractivity contribution in [3.63, 3.8) is 0 Å². The Balaban J connectivity index is 1.15. The highest BCUT2D eigenvalue weighted by molar-refractivity contribution is 5.99. The van der Waals surface area contributed by atoms with Crippen LogP contribution in [0.3, 0.4) is 0 Å². The SMILES string of the molecule is C[C@@H]1CN(C2CCOCC2)C[C@H]1c1ccc(-c2cnc(N)c(C(=O)NC34CCC(O)(CC3)CC4)c2)cc1. The summed E-state index contributed by atoms with van der Waals surface area (Å²) >= 11 is 0. The van der Waals surface area contributed by atoms with Crippen molar-refractivity contribution in [2.24, 2.45) is 5.92 Å². The Morgan fingerprint density at radius 2 is 1.73 bits per heavy atom. The zero-order chi connectivity index (χ0) is 25.6. The number of fused-ring (bicyclic) bond motifs is 3. The third-order valence-electron chi connectivity index (χ3n) is 9.77. The Labute approximate surface area is 219 Å². The van der Waals surface area contributed by atoms with Gasteiger partial charge in [-0.2, -0.15) is 0 Å². The number of aromatic nitrogens is 1. The fraction of sp³-hybridized carbons (Fsp3) is 0.600. The van der Waals surface area contributed by atoms with E-state index in [-0.39, 0.29) is 17.3 Å². The molecule has 0 unspecified atom stereocenters. The molecule has 1 aromatic heterocycles. The van der Waals surface area contributed by atoms with Gasteiger partial charge in [-0.05, 0) is 74.5 Å². The van der Waals surface area contributed by atoms with E-state index in [1.165, 1.54) is 5.56 Å². The van der Waals surface area contributed by atoms with E-state index in [2.05, 4.69) is 46.4 Å². The number of hydrogen-bond donors (Lipinski definition) is 3. The van der Waals surface area contributed by atoms with Gasteiger partial charge in [0.1, 0.15) is 5.82 Å². The molecule has 7 heteroatoms. The van der Waals surface area contributed by atoms with E-state index in [1.54, 1.807) is 6.20 Å². The van der Waals surface area contributed by atoms with Gasteiger partial charge in [0.05, 0.1) is 11.2 Å². The molecular weight excluding hydrogens is 464 g/mol. The van der Waals surface area contributed by atoms with Crippen molar-refractivity contribution in [1.29, 1.82) is 0 Å². The first-order chi connectivity index (χ1) is 17.8. The van der Waals surface area contributed by atoms with Crippen LogP contribution in [-0.4, -0.2) is 64.4 Å². The van der Waals surface area contributed by atoms with Crippen molar-refractivity contribution in [2.75, 3.05) is 32.0 Å². The number of aliphatic hydroxyl groups is 1. The highest BCUT2D eigenvalue weighted by atomic mass is 16.5. The minimum absolute atomic E-state index is 0.163. The molecule has 4 N–H and O–H groups in total. The quantitative estimate of drug-likeness (QED) is 0.567. The summed E-state index contributed by atoms with van der Waals surface area (Å²) in [6, 6.07) is 11.3. The molecule has 198 valence electrons. The van der Waals surface area contributed by atoms with Crippen molar-refractivity contribution in [3.05, 3.63) is 47.7 Å². The second-order valence-electron chi connectivity index (χ2n) is 12.1. The Kier molecular flexibility index (Phi) is 6.50. The Morgan fingerprint density at radius 1 is 1.05 bits per heavy atom. The summed E-state index contributed by atoms with van der Waals surface area (Å²) in [5.41, 5.74) is 9.14. The smallest absolute Gasteiger partial charge is 0.255 e. The van der Waals surface area contributed by atoms with Crippen molar-refractivity contribution in [3.8, 4) is 11.1 Å². The van der Waals surface area contributed by atoms with Gasteiger partial charge in [-0.15, -0.1) is 0 Å². The van der Waals surface area contributed by atoms with E-state index in [0.717, 1.165) is 88.8 Å². The summed E-state index contributed by atoms with van der Waals surface area (Å²) in [5, 5.41) is 13.8. The Morgan fingerprint density at radius 3 is 2.41 bits per heavy atom. The lowest BCUT2D eigenvalue weighted by atomic mass is 9.63. The standard InChI is InChI=1S/C30H40N4O3/c1-20-18-34(24-6-14-37-15-7-24)19-26(20)22-4-2-21(3-5-22)23-16-25(27(31)32-17-23)28(35)33-29-8-11-30(36,12-9-29)13-10-29/h2-5,16-17,20,24,26,36H,6-15,18-19H2,1H3,(H2,31,32)(H,33,35)/t20-,26-,29?,30?/m1/s1. The summed E-state index contributed by atoms with van der Waals surface area (Å²) in [4.78, 5) is 20.3. The molecule has 2 atom stereocenters. The van der Waals surface area contributed by atoms with Crippen molar-refractivity contribution in [1.82, 2.24) is 15.2 Å². The minimum atomic E-state index is -0.529. The average Bonchev–Trinajstić information content (AvgIpc) is 3.32. The summed E-state index contributed by atoms with van der Waals surface area (Å²) in [7, 11) is 0. The first-order valence-corrected chi connectivity index (χ1v) is 14.1. The number of amides is 1. The first-order valence-electron chi connectivity index (χ1n) is 14.1. The predicted octanol–water partition coefficient (Wildman–Crippen LogP) is 4.11. The number of nitrogen functional groups attached to an aromatic ring is 1. The zero-order valence-corrected chi connectivity index (χ0v) is 21.9. The molecule has 2 saturated heterocycles. The van der Waals surface area contributed by atoms with Crippen LogP contribution in [0.4, 0.5) is 5.82 Å². The van der Waals surface area contributed by atoms with E-state index in [9.17, 15) is 9.90 Å². The lowest BCUT2D eigenvalue weighted by Gasteiger charge is -2.51. The topological polar surface area (TPSA) is 101 Å². The molecule has 7 rings (SSSR count). The van der Waals surface area contributed by atoms with E-state index in [0.29, 0.717) is 23.4 Å². The molecule has 0 radical (unpaired) electrons.